The third-order valence-electron chi connectivity index (χ3n) is 2.05. The summed E-state index contributed by atoms with van der Waals surface area (Å²) < 4.78 is 38.2. The summed E-state index contributed by atoms with van der Waals surface area (Å²) in [5.74, 6) is -1.07. The van der Waals surface area contributed by atoms with Crippen LogP contribution in [0.5, 0.6) is 0 Å². The van der Waals surface area contributed by atoms with E-state index < -0.39 is 12.0 Å². The molecule has 1 N–H and O–H groups in total. The van der Waals surface area contributed by atoms with Crippen molar-refractivity contribution in [3.05, 3.63) is 30.4 Å². The third kappa shape index (κ3) is 3.80. The van der Waals surface area contributed by atoms with Gasteiger partial charge in [0, 0.05) is 25.0 Å². The normalized spacial score (nSPS) is 11.4. The zero-order chi connectivity index (χ0) is 14.6. The fraction of sp³-hybridized carbons (Fsp3) is 0.273. The molecule has 2 aromatic rings. The van der Waals surface area contributed by atoms with E-state index in [0.717, 1.165) is 11.8 Å². The molecule has 9 heteroatoms. The molecule has 0 radical (unpaired) electrons. The average molecular weight is 301 g/mol. The summed E-state index contributed by atoms with van der Waals surface area (Å²) in [5.41, 5.74) is 0. The Morgan fingerprint density at radius 2 is 1.90 bits per heavy atom. The van der Waals surface area contributed by atoms with Crippen LogP contribution < -0.4 is 5.32 Å². The maximum absolute atomic E-state index is 12.7. The number of halogens is 3. The maximum atomic E-state index is 12.7. The van der Waals surface area contributed by atoms with Crippen molar-refractivity contribution in [1.82, 2.24) is 19.9 Å². The van der Waals surface area contributed by atoms with Crippen LogP contribution in [0, 0.1) is 0 Å². The largest absolute Gasteiger partial charge is 0.451 e. The second kappa shape index (κ2) is 6.04. The molecule has 0 saturated carbocycles. The lowest BCUT2D eigenvalue weighted by atomic mass is 10.5. The first kappa shape index (κ1) is 14.5. The van der Waals surface area contributed by atoms with E-state index in [1.807, 2.05) is 0 Å². The Labute approximate surface area is 117 Å². The van der Waals surface area contributed by atoms with Gasteiger partial charge < -0.3 is 5.32 Å². The van der Waals surface area contributed by atoms with E-state index in [1.165, 1.54) is 18.5 Å². The topological polar surface area (TPSA) is 63.6 Å². The van der Waals surface area contributed by atoms with Gasteiger partial charge in [0.2, 0.25) is 5.82 Å². The van der Waals surface area contributed by atoms with Gasteiger partial charge in [-0.2, -0.15) is 13.2 Å². The van der Waals surface area contributed by atoms with Crippen LogP contribution in [0.4, 0.5) is 19.0 Å². The van der Waals surface area contributed by atoms with Crippen molar-refractivity contribution in [2.45, 2.75) is 23.3 Å². The summed E-state index contributed by atoms with van der Waals surface area (Å²) in [7, 11) is 0. The van der Waals surface area contributed by atoms with Crippen molar-refractivity contribution < 1.29 is 13.2 Å². The van der Waals surface area contributed by atoms with Crippen molar-refractivity contribution in [3.63, 3.8) is 0 Å². The smallest absolute Gasteiger partial charge is 0.370 e. The van der Waals surface area contributed by atoms with Crippen LogP contribution >= 0.6 is 11.8 Å². The molecule has 0 aliphatic rings. The van der Waals surface area contributed by atoms with Gasteiger partial charge in [-0.3, -0.25) is 0 Å². The van der Waals surface area contributed by atoms with Gasteiger partial charge in [0.25, 0.3) is 0 Å². The molecule has 0 aliphatic heterocycles. The SMILES string of the molecule is CCNc1cc(Sc2ncccn2)nc(C(F)(F)F)n1. The molecule has 2 aromatic heterocycles. The average Bonchev–Trinajstić information content (AvgIpc) is 2.39. The summed E-state index contributed by atoms with van der Waals surface area (Å²) in [4.78, 5) is 14.8. The van der Waals surface area contributed by atoms with E-state index in [-0.39, 0.29) is 10.8 Å². The van der Waals surface area contributed by atoms with Crippen LogP contribution in [0.3, 0.4) is 0 Å². The Bertz CT molecular complexity index is 576. The van der Waals surface area contributed by atoms with Crippen LogP contribution in [0.25, 0.3) is 0 Å². The molecule has 5 nitrogen and oxygen atoms in total. The van der Waals surface area contributed by atoms with Gasteiger partial charge in [-0.1, -0.05) is 0 Å². The molecule has 0 spiro atoms. The van der Waals surface area contributed by atoms with Crippen LogP contribution in [0.2, 0.25) is 0 Å². The van der Waals surface area contributed by atoms with Gasteiger partial charge in [0.15, 0.2) is 5.16 Å². The van der Waals surface area contributed by atoms with E-state index in [2.05, 4.69) is 25.3 Å². The molecule has 0 fully saturated rings. The van der Waals surface area contributed by atoms with Gasteiger partial charge in [-0.25, -0.2) is 19.9 Å². The molecule has 2 rings (SSSR count). The summed E-state index contributed by atoms with van der Waals surface area (Å²) in [6, 6.07) is 3.05. The second-order valence-electron chi connectivity index (χ2n) is 3.58. The lowest BCUT2D eigenvalue weighted by Gasteiger charge is -2.10. The van der Waals surface area contributed by atoms with E-state index in [1.54, 1.807) is 13.0 Å². The molecule has 2 heterocycles. The maximum Gasteiger partial charge on any atom is 0.451 e. The van der Waals surface area contributed by atoms with Gasteiger partial charge in [-0.05, 0) is 24.8 Å². The van der Waals surface area contributed by atoms with Crippen LogP contribution in [0.1, 0.15) is 12.7 Å². The van der Waals surface area contributed by atoms with E-state index in [4.69, 9.17) is 0 Å². The van der Waals surface area contributed by atoms with E-state index >= 15 is 0 Å². The quantitative estimate of drug-likeness (QED) is 0.692. The molecular formula is C11H10F3N5S. The molecule has 0 aromatic carbocycles. The van der Waals surface area contributed by atoms with Crippen molar-refractivity contribution in [2.24, 2.45) is 0 Å². The predicted molar refractivity (Wildman–Crippen MR) is 67.4 cm³/mol. The van der Waals surface area contributed by atoms with Gasteiger partial charge in [0.05, 0.1) is 0 Å². The first-order chi connectivity index (χ1) is 9.49. The van der Waals surface area contributed by atoms with Gasteiger partial charge in [-0.15, -0.1) is 0 Å². The number of alkyl halides is 3. The Kier molecular flexibility index (Phi) is 4.38. The first-order valence-electron chi connectivity index (χ1n) is 5.64. The predicted octanol–water partition coefficient (Wildman–Crippen LogP) is 2.87. The highest BCUT2D eigenvalue weighted by Crippen LogP contribution is 2.31. The van der Waals surface area contributed by atoms with Crippen molar-refractivity contribution >= 4 is 17.6 Å². The van der Waals surface area contributed by atoms with Crippen molar-refractivity contribution in [1.29, 1.82) is 0 Å². The Balaban J connectivity index is 2.34. The fourth-order valence-corrected chi connectivity index (χ4v) is 2.02. The number of aromatic nitrogens is 4. The van der Waals surface area contributed by atoms with Crippen LogP contribution in [-0.2, 0) is 6.18 Å². The zero-order valence-electron chi connectivity index (χ0n) is 10.3. The Morgan fingerprint density at radius 1 is 1.20 bits per heavy atom. The third-order valence-corrected chi connectivity index (χ3v) is 2.86. The van der Waals surface area contributed by atoms with E-state index in [9.17, 15) is 13.2 Å². The number of anilines is 1. The number of nitrogens with one attached hydrogen (secondary N) is 1. The number of hydrogen-bond donors (Lipinski definition) is 1. The standard InChI is InChI=1S/C11H10F3N5S/c1-2-15-7-6-8(19-9(18-7)11(12,13)14)20-10-16-4-3-5-17-10/h3-6H,2H2,1H3,(H,15,18,19). The molecule has 0 amide bonds. The molecule has 0 saturated heterocycles. The molecule has 0 atom stereocenters. The molecule has 0 aliphatic carbocycles. The molecular weight excluding hydrogens is 291 g/mol. The summed E-state index contributed by atoms with van der Waals surface area (Å²) in [5, 5.41) is 3.20. The molecule has 106 valence electrons. The molecule has 0 bridgehead atoms. The van der Waals surface area contributed by atoms with Crippen LogP contribution in [0.15, 0.2) is 34.7 Å². The second-order valence-corrected chi connectivity index (χ2v) is 4.56. The van der Waals surface area contributed by atoms with Gasteiger partial charge in [0.1, 0.15) is 10.8 Å². The van der Waals surface area contributed by atoms with E-state index in [0.29, 0.717) is 11.7 Å². The fourth-order valence-electron chi connectivity index (χ4n) is 1.31. The number of hydrogen-bond acceptors (Lipinski definition) is 6. The monoisotopic (exact) mass is 301 g/mol. The highest BCUT2D eigenvalue weighted by molar-refractivity contribution is 7.99. The minimum absolute atomic E-state index is 0.119. The highest BCUT2D eigenvalue weighted by Gasteiger charge is 2.35. The summed E-state index contributed by atoms with van der Waals surface area (Å²) in [6.45, 7) is 2.22. The lowest BCUT2D eigenvalue weighted by Crippen LogP contribution is -2.13. The minimum atomic E-state index is -4.60. The van der Waals surface area contributed by atoms with Crippen molar-refractivity contribution in [2.75, 3.05) is 11.9 Å². The summed E-state index contributed by atoms with van der Waals surface area (Å²) in [6.07, 6.45) is -1.59. The number of rotatable bonds is 4. The van der Waals surface area contributed by atoms with Crippen LogP contribution in [-0.4, -0.2) is 26.5 Å². The van der Waals surface area contributed by atoms with Gasteiger partial charge >= 0.3 is 6.18 Å². The summed E-state index contributed by atoms with van der Waals surface area (Å²) >= 11 is 0.945. The first-order valence-corrected chi connectivity index (χ1v) is 6.45. The zero-order valence-corrected chi connectivity index (χ0v) is 11.2. The Morgan fingerprint density at radius 3 is 2.50 bits per heavy atom. The molecule has 0 unspecified atom stereocenters. The highest BCUT2D eigenvalue weighted by atomic mass is 32.2. The molecule has 20 heavy (non-hydrogen) atoms. The Hall–Kier alpha value is -1.90. The lowest BCUT2D eigenvalue weighted by molar-refractivity contribution is -0.145. The number of nitrogens with zero attached hydrogens (tertiary/aromatic N) is 4. The minimum Gasteiger partial charge on any atom is -0.370 e. The van der Waals surface area contributed by atoms with Crippen molar-refractivity contribution in [3.8, 4) is 0 Å².